The van der Waals surface area contributed by atoms with Crippen LogP contribution in [0.25, 0.3) is 22.0 Å². The number of aromatic nitrogens is 2. The minimum absolute atomic E-state index is 0.368. The average Bonchev–Trinajstić information content (AvgIpc) is 3.03. The number of thiophene rings is 1. The van der Waals surface area contributed by atoms with Gasteiger partial charge in [0.15, 0.2) is 5.69 Å². The lowest BCUT2D eigenvalue weighted by Gasteiger charge is -2.00. The predicted octanol–water partition coefficient (Wildman–Crippen LogP) is 3.09. The van der Waals surface area contributed by atoms with E-state index >= 15 is 0 Å². The molecule has 1 aromatic carbocycles. The zero-order valence-electron chi connectivity index (χ0n) is 10.6. The van der Waals surface area contributed by atoms with E-state index in [2.05, 4.69) is 10.5 Å². The van der Waals surface area contributed by atoms with Gasteiger partial charge >= 0.3 is 5.97 Å². The van der Waals surface area contributed by atoms with Crippen LogP contribution in [0, 0.1) is 0 Å². The first kappa shape index (κ1) is 11.9. The van der Waals surface area contributed by atoms with E-state index in [4.69, 9.17) is 4.74 Å². The van der Waals surface area contributed by atoms with Crippen LogP contribution >= 0.6 is 11.3 Å². The first-order chi connectivity index (χ1) is 9.22. The van der Waals surface area contributed by atoms with Gasteiger partial charge in [0.25, 0.3) is 0 Å². The second-order valence-corrected chi connectivity index (χ2v) is 4.96. The molecule has 0 atom stereocenters. The van der Waals surface area contributed by atoms with Crippen LogP contribution < -0.4 is 0 Å². The van der Waals surface area contributed by atoms with Gasteiger partial charge in [-0.05, 0) is 22.4 Å². The Hall–Kier alpha value is -2.14. The van der Waals surface area contributed by atoms with Crippen molar-refractivity contribution in [1.29, 1.82) is 0 Å². The SMILES string of the molecule is COC(=O)c1c2cccc(-c3ccsc3)c2nn1C. The summed E-state index contributed by atoms with van der Waals surface area (Å²) < 4.78 is 6.39. The summed E-state index contributed by atoms with van der Waals surface area (Å²) in [5, 5.41) is 9.37. The van der Waals surface area contributed by atoms with E-state index in [0.29, 0.717) is 5.69 Å². The molecule has 4 nitrogen and oxygen atoms in total. The molecule has 2 heterocycles. The molecule has 5 heteroatoms. The van der Waals surface area contributed by atoms with Crippen molar-refractivity contribution in [3.8, 4) is 11.1 Å². The maximum Gasteiger partial charge on any atom is 0.356 e. The molecule has 0 spiro atoms. The largest absolute Gasteiger partial charge is 0.464 e. The Labute approximate surface area is 114 Å². The zero-order chi connectivity index (χ0) is 13.4. The molecule has 19 heavy (non-hydrogen) atoms. The highest BCUT2D eigenvalue weighted by Crippen LogP contribution is 2.30. The van der Waals surface area contributed by atoms with Gasteiger partial charge in [0.1, 0.15) is 5.52 Å². The molecule has 96 valence electrons. The van der Waals surface area contributed by atoms with Crippen molar-refractivity contribution in [3.05, 3.63) is 40.7 Å². The van der Waals surface area contributed by atoms with Crippen LogP contribution in [-0.2, 0) is 11.8 Å². The lowest BCUT2D eigenvalue weighted by atomic mass is 10.1. The molecule has 0 aliphatic rings. The van der Waals surface area contributed by atoms with E-state index < -0.39 is 0 Å². The number of carbonyl (C=O) groups excluding carboxylic acids is 1. The van der Waals surface area contributed by atoms with Gasteiger partial charge in [0.05, 0.1) is 7.11 Å². The standard InChI is InChI=1S/C14H12N2O2S/c1-16-13(14(17)18-2)11-5-3-4-10(12(11)15-16)9-6-7-19-8-9/h3-8H,1-2H3. The Morgan fingerprint density at radius 3 is 2.89 bits per heavy atom. The smallest absolute Gasteiger partial charge is 0.356 e. The summed E-state index contributed by atoms with van der Waals surface area (Å²) in [5.74, 6) is -0.368. The minimum atomic E-state index is -0.368. The molecule has 0 saturated heterocycles. The summed E-state index contributed by atoms with van der Waals surface area (Å²) in [7, 11) is 3.13. The van der Waals surface area contributed by atoms with Crippen LogP contribution in [-0.4, -0.2) is 22.9 Å². The molecule has 0 aliphatic carbocycles. The summed E-state index contributed by atoms with van der Waals surface area (Å²) in [5.41, 5.74) is 3.45. The van der Waals surface area contributed by atoms with Crippen molar-refractivity contribution in [3.63, 3.8) is 0 Å². The second kappa shape index (κ2) is 4.51. The molecule has 0 saturated carbocycles. The Morgan fingerprint density at radius 1 is 1.37 bits per heavy atom. The number of hydrogen-bond donors (Lipinski definition) is 0. The van der Waals surface area contributed by atoms with Gasteiger partial charge in [-0.25, -0.2) is 4.79 Å². The maximum absolute atomic E-state index is 11.8. The number of methoxy groups -OCH3 is 1. The third-order valence-corrected chi connectivity index (χ3v) is 3.76. The van der Waals surface area contributed by atoms with Crippen LogP contribution in [0.15, 0.2) is 35.0 Å². The maximum atomic E-state index is 11.8. The number of aryl methyl sites for hydroxylation is 1. The molecule has 0 unspecified atom stereocenters. The van der Waals surface area contributed by atoms with Crippen LogP contribution in [0.5, 0.6) is 0 Å². The van der Waals surface area contributed by atoms with Gasteiger partial charge in [0, 0.05) is 18.0 Å². The molecule has 2 aromatic heterocycles. The lowest BCUT2D eigenvalue weighted by molar-refractivity contribution is 0.0590. The van der Waals surface area contributed by atoms with Crippen LogP contribution in [0.1, 0.15) is 10.5 Å². The van der Waals surface area contributed by atoms with Crippen molar-refractivity contribution in [2.45, 2.75) is 0 Å². The van der Waals surface area contributed by atoms with E-state index in [9.17, 15) is 4.79 Å². The van der Waals surface area contributed by atoms with E-state index in [0.717, 1.165) is 22.0 Å². The summed E-state index contributed by atoms with van der Waals surface area (Å²) in [6.07, 6.45) is 0. The molecule has 3 aromatic rings. The van der Waals surface area contributed by atoms with Gasteiger partial charge < -0.3 is 4.74 Å². The second-order valence-electron chi connectivity index (χ2n) is 4.18. The topological polar surface area (TPSA) is 44.1 Å². The average molecular weight is 272 g/mol. The fourth-order valence-corrected chi connectivity index (χ4v) is 2.86. The van der Waals surface area contributed by atoms with Gasteiger partial charge in [-0.3, -0.25) is 4.68 Å². The highest BCUT2D eigenvalue weighted by atomic mass is 32.1. The highest BCUT2D eigenvalue weighted by molar-refractivity contribution is 7.08. The van der Waals surface area contributed by atoms with Crippen molar-refractivity contribution in [1.82, 2.24) is 9.78 Å². The number of esters is 1. The number of ether oxygens (including phenoxy) is 1. The zero-order valence-corrected chi connectivity index (χ0v) is 11.4. The molecule has 0 bridgehead atoms. The first-order valence-electron chi connectivity index (χ1n) is 5.79. The van der Waals surface area contributed by atoms with Gasteiger partial charge in [-0.15, -0.1) is 0 Å². The number of carbonyl (C=O) groups is 1. The van der Waals surface area contributed by atoms with E-state index in [1.165, 1.54) is 7.11 Å². The van der Waals surface area contributed by atoms with Crippen molar-refractivity contribution in [2.24, 2.45) is 7.05 Å². The Morgan fingerprint density at radius 2 is 2.21 bits per heavy atom. The first-order valence-corrected chi connectivity index (χ1v) is 6.73. The minimum Gasteiger partial charge on any atom is -0.464 e. The quantitative estimate of drug-likeness (QED) is 0.673. The van der Waals surface area contributed by atoms with Gasteiger partial charge in [0.2, 0.25) is 0 Å². The summed E-state index contributed by atoms with van der Waals surface area (Å²) in [4.78, 5) is 11.8. The van der Waals surface area contributed by atoms with Crippen LogP contribution in [0.3, 0.4) is 0 Å². The van der Waals surface area contributed by atoms with E-state index in [-0.39, 0.29) is 5.97 Å². The molecule has 3 rings (SSSR count). The third kappa shape index (κ3) is 1.82. The predicted molar refractivity (Wildman–Crippen MR) is 75.4 cm³/mol. The normalized spacial score (nSPS) is 10.8. The summed E-state index contributed by atoms with van der Waals surface area (Å²) in [6, 6.07) is 7.89. The number of fused-ring (bicyclic) bond motifs is 1. The molecular weight excluding hydrogens is 260 g/mol. The van der Waals surface area contributed by atoms with Crippen LogP contribution in [0.4, 0.5) is 0 Å². The Bertz CT molecular complexity index is 744. The summed E-state index contributed by atoms with van der Waals surface area (Å²) in [6.45, 7) is 0. The molecule has 0 radical (unpaired) electrons. The highest BCUT2D eigenvalue weighted by Gasteiger charge is 2.19. The number of rotatable bonds is 2. The van der Waals surface area contributed by atoms with Crippen molar-refractivity contribution in [2.75, 3.05) is 7.11 Å². The third-order valence-electron chi connectivity index (χ3n) is 3.08. The molecule has 0 N–H and O–H groups in total. The Kier molecular flexibility index (Phi) is 2.83. The van der Waals surface area contributed by atoms with Gasteiger partial charge in [-0.2, -0.15) is 16.4 Å². The lowest BCUT2D eigenvalue weighted by Crippen LogP contribution is -2.08. The monoisotopic (exact) mass is 272 g/mol. The van der Waals surface area contributed by atoms with Crippen molar-refractivity contribution < 1.29 is 9.53 Å². The number of nitrogens with zero attached hydrogens (tertiary/aromatic N) is 2. The fourth-order valence-electron chi connectivity index (χ4n) is 2.21. The molecule has 0 fully saturated rings. The molecular formula is C14H12N2O2S. The van der Waals surface area contributed by atoms with Gasteiger partial charge in [-0.1, -0.05) is 18.2 Å². The van der Waals surface area contributed by atoms with Crippen LogP contribution in [0.2, 0.25) is 0 Å². The van der Waals surface area contributed by atoms with Crippen molar-refractivity contribution >= 4 is 28.2 Å². The Balaban J connectivity index is 2.31. The number of hydrogen-bond acceptors (Lipinski definition) is 4. The fraction of sp³-hybridized carbons (Fsp3) is 0.143. The van der Waals surface area contributed by atoms with E-state index in [1.54, 1.807) is 23.1 Å². The number of benzene rings is 1. The molecule has 0 aliphatic heterocycles. The molecule has 0 amide bonds. The summed E-state index contributed by atoms with van der Waals surface area (Å²) >= 11 is 1.64. The van der Waals surface area contributed by atoms with E-state index in [1.807, 2.05) is 29.6 Å².